The first-order valence-corrected chi connectivity index (χ1v) is 8.30. The molecule has 4 heterocycles. The number of nitrogens with zero attached hydrogens (tertiary/aromatic N) is 1. The fourth-order valence-corrected chi connectivity index (χ4v) is 4.06. The average Bonchev–Trinajstić information content (AvgIpc) is 2.98. The summed E-state index contributed by atoms with van der Waals surface area (Å²) in [5.41, 5.74) is 1.01. The molecule has 7 heteroatoms. The van der Waals surface area contributed by atoms with E-state index >= 15 is 0 Å². The molecule has 0 amide bonds. The molecule has 3 saturated heterocycles. The predicted octanol–water partition coefficient (Wildman–Crippen LogP) is 4.02. The first-order chi connectivity index (χ1) is 11.1. The Morgan fingerprint density at radius 1 is 1.29 bits per heavy atom. The Labute approximate surface area is 150 Å². The minimum Gasteiger partial charge on any atom is -0.461 e. The third-order valence-corrected chi connectivity index (χ3v) is 5.60. The fourth-order valence-electron chi connectivity index (χ4n) is 3.75. The van der Waals surface area contributed by atoms with Gasteiger partial charge in [-0.2, -0.15) is 0 Å². The second-order valence-corrected chi connectivity index (χ2v) is 7.09. The molecular weight excluding hydrogens is 354 g/mol. The molecule has 0 saturated carbocycles. The number of rotatable bonds is 3. The first-order valence-electron chi connectivity index (χ1n) is 7.92. The van der Waals surface area contributed by atoms with Crippen LogP contribution in [-0.4, -0.2) is 42.1 Å². The number of aromatic nitrogens is 1. The van der Waals surface area contributed by atoms with Crippen molar-refractivity contribution in [2.75, 3.05) is 26.2 Å². The topological polar surface area (TPSA) is 45.3 Å². The zero-order valence-electron chi connectivity index (χ0n) is 13.1. The number of hydrogen-bond donors (Lipinski definition) is 1. The van der Waals surface area contributed by atoms with E-state index in [0.717, 1.165) is 38.9 Å². The van der Waals surface area contributed by atoms with Gasteiger partial charge in [-0.05, 0) is 51.0 Å². The van der Waals surface area contributed by atoms with Crippen molar-refractivity contribution in [2.24, 2.45) is 5.41 Å². The summed E-state index contributed by atoms with van der Waals surface area (Å²) >= 11 is 6.09. The van der Waals surface area contributed by atoms with Gasteiger partial charge in [0.05, 0.1) is 22.7 Å². The predicted molar refractivity (Wildman–Crippen MR) is 93.5 cm³/mol. The van der Waals surface area contributed by atoms with Crippen LogP contribution in [-0.2, 0) is 4.74 Å². The van der Waals surface area contributed by atoms with Crippen LogP contribution in [0.2, 0.25) is 5.02 Å². The Morgan fingerprint density at radius 2 is 1.96 bits per heavy atom. The number of benzene rings is 1. The summed E-state index contributed by atoms with van der Waals surface area (Å²) in [6, 6.07) is 2.54. The molecule has 1 N–H and O–H groups in total. The highest BCUT2D eigenvalue weighted by Gasteiger charge is 2.40. The minimum atomic E-state index is -0.433. The Bertz CT molecular complexity index is 756. The second-order valence-electron chi connectivity index (χ2n) is 6.68. The molecular formula is C17H19Cl2FN2O2. The van der Waals surface area contributed by atoms with E-state index < -0.39 is 11.8 Å². The van der Waals surface area contributed by atoms with Crippen LogP contribution < -0.4 is 0 Å². The van der Waals surface area contributed by atoms with Crippen LogP contribution in [0.25, 0.3) is 10.9 Å². The molecule has 3 fully saturated rings. The average molecular weight is 373 g/mol. The van der Waals surface area contributed by atoms with Crippen molar-refractivity contribution in [2.45, 2.75) is 19.3 Å². The number of ether oxygens (including phenoxy) is 1. The molecule has 1 aromatic carbocycles. The van der Waals surface area contributed by atoms with Gasteiger partial charge in [0.2, 0.25) is 0 Å². The van der Waals surface area contributed by atoms with Crippen LogP contribution in [0.3, 0.4) is 0 Å². The Morgan fingerprint density at radius 3 is 2.62 bits per heavy atom. The van der Waals surface area contributed by atoms with Gasteiger partial charge in [-0.25, -0.2) is 9.18 Å². The van der Waals surface area contributed by atoms with E-state index in [2.05, 4.69) is 9.88 Å². The van der Waals surface area contributed by atoms with Crippen molar-refractivity contribution >= 4 is 40.9 Å². The molecule has 3 aliphatic rings. The largest absolute Gasteiger partial charge is 0.461 e. The molecule has 1 aromatic heterocycles. The number of carbonyl (C=O) groups is 1. The Hall–Kier alpha value is -1.30. The number of nitrogens with one attached hydrogen (secondary N) is 1. The molecule has 0 unspecified atom stereocenters. The Balaban J connectivity index is 0.00000169. The summed E-state index contributed by atoms with van der Waals surface area (Å²) in [4.78, 5) is 17.8. The molecule has 5 rings (SSSR count). The van der Waals surface area contributed by atoms with E-state index in [1.54, 1.807) is 6.20 Å². The molecule has 2 aromatic rings. The standard InChI is InChI=1S/C17H18ClFN2O2.ClH/c18-13-7-11(19)8-14-15(13)12(9-20-14)16(22)23-10-17-1-4-21(5-2-17)6-3-17;/h7-9,20H,1-6,10H2;1H. The normalized spacial score (nSPS) is 25.5. The molecule has 3 aliphatic heterocycles. The van der Waals surface area contributed by atoms with Gasteiger partial charge in [0, 0.05) is 17.0 Å². The second kappa shape index (κ2) is 6.54. The van der Waals surface area contributed by atoms with Gasteiger partial charge < -0.3 is 14.6 Å². The molecule has 130 valence electrons. The molecule has 0 spiro atoms. The highest BCUT2D eigenvalue weighted by atomic mass is 35.5. The summed E-state index contributed by atoms with van der Waals surface area (Å²) in [5.74, 6) is -0.829. The van der Waals surface area contributed by atoms with Gasteiger partial charge in [0.15, 0.2) is 0 Å². The third-order valence-electron chi connectivity index (χ3n) is 5.30. The van der Waals surface area contributed by atoms with Crippen LogP contribution >= 0.6 is 24.0 Å². The minimum absolute atomic E-state index is 0. The number of halogens is 3. The molecule has 4 nitrogen and oxygen atoms in total. The molecule has 24 heavy (non-hydrogen) atoms. The summed E-state index contributed by atoms with van der Waals surface area (Å²) < 4.78 is 19.0. The van der Waals surface area contributed by atoms with Crippen molar-refractivity contribution in [3.8, 4) is 0 Å². The van der Waals surface area contributed by atoms with Crippen molar-refractivity contribution in [1.82, 2.24) is 9.88 Å². The van der Waals surface area contributed by atoms with Gasteiger partial charge in [-0.15, -0.1) is 12.4 Å². The van der Waals surface area contributed by atoms with Crippen LogP contribution in [0, 0.1) is 11.2 Å². The lowest BCUT2D eigenvalue weighted by Crippen LogP contribution is -2.50. The SMILES string of the molecule is Cl.O=C(OCC12CCN(CC1)CC2)c1c[nH]c2cc(F)cc(Cl)c12. The van der Waals surface area contributed by atoms with E-state index in [0.29, 0.717) is 23.1 Å². The van der Waals surface area contributed by atoms with Crippen LogP contribution in [0.4, 0.5) is 4.39 Å². The fraction of sp³-hybridized carbons (Fsp3) is 0.471. The summed E-state index contributed by atoms with van der Waals surface area (Å²) in [6.45, 7) is 3.73. The molecule has 0 aliphatic carbocycles. The van der Waals surface area contributed by atoms with Crippen molar-refractivity contribution in [1.29, 1.82) is 0 Å². The number of piperidine rings is 3. The van der Waals surface area contributed by atoms with E-state index in [4.69, 9.17) is 16.3 Å². The monoisotopic (exact) mass is 372 g/mol. The van der Waals surface area contributed by atoms with Gasteiger partial charge in [-0.3, -0.25) is 0 Å². The molecule has 2 bridgehead atoms. The number of carbonyl (C=O) groups excluding carboxylic acids is 1. The van der Waals surface area contributed by atoms with Crippen molar-refractivity contribution in [3.05, 3.63) is 34.7 Å². The lowest BCUT2D eigenvalue weighted by atomic mass is 9.73. The van der Waals surface area contributed by atoms with E-state index in [9.17, 15) is 9.18 Å². The maximum Gasteiger partial charge on any atom is 0.340 e. The third kappa shape index (κ3) is 3.01. The zero-order chi connectivity index (χ0) is 16.0. The lowest BCUT2D eigenvalue weighted by Gasteiger charge is -2.47. The first kappa shape index (κ1) is 17.5. The number of hydrogen-bond acceptors (Lipinski definition) is 3. The number of esters is 1. The Kier molecular flexibility index (Phi) is 4.78. The van der Waals surface area contributed by atoms with Gasteiger partial charge in [-0.1, -0.05) is 11.6 Å². The lowest BCUT2D eigenvalue weighted by molar-refractivity contribution is -0.0304. The quantitative estimate of drug-likeness (QED) is 0.827. The van der Waals surface area contributed by atoms with Crippen molar-refractivity contribution < 1.29 is 13.9 Å². The van der Waals surface area contributed by atoms with Gasteiger partial charge in [0.1, 0.15) is 5.82 Å². The van der Waals surface area contributed by atoms with Crippen molar-refractivity contribution in [3.63, 3.8) is 0 Å². The van der Waals surface area contributed by atoms with E-state index in [1.165, 1.54) is 12.1 Å². The zero-order valence-corrected chi connectivity index (χ0v) is 14.7. The highest BCUT2D eigenvalue weighted by Crippen LogP contribution is 2.40. The molecule has 0 radical (unpaired) electrons. The van der Waals surface area contributed by atoms with E-state index in [-0.39, 0.29) is 22.8 Å². The van der Waals surface area contributed by atoms with Crippen LogP contribution in [0.15, 0.2) is 18.3 Å². The van der Waals surface area contributed by atoms with Crippen LogP contribution in [0.5, 0.6) is 0 Å². The summed E-state index contributed by atoms with van der Waals surface area (Å²) in [6.07, 6.45) is 4.79. The van der Waals surface area contributed by atoms with Gasteiger partial charge in [0.25, 0.3) is 0 Å². The van der Waals surface area contributed by atoms with E-state index in [1.807, 2.05) is 0 Å². The maximum atomic E-state index is 13.4. The molecule has 0 atom stereocenters. The summed E-state index contributed by atoms with van der Waals surface area (Å²) in [7, 11) is 0. The number of H-pyrrole nitrogens is 1. The number of fused-ring (bicyclic) bond motifs is 4. The number of aromatic amines is 1. The van der Waals surface area contributed by atoms with Crippen LogP contribution in [0.1, 0.15) is 29.6 Å². The smallest absolute Gasteiger partial charge is 0.340 e. The van der Waals surface area contributed by atoms with Gasteiger partial charge >= 0.3 is 5.97 Å². The highest BCUT2D eigenvalue weighted by molar-refractivity contribution is 6.36. The maximum absolute atomic E-state index is 13.4. The summed E-state index contributed by atoms with van der Waals surface area (Å²) in [5, 5.41) is 0.742.